The van der Waals surface area contributed by atoms with Crippen LogP contribution in [0.5, 0.6) is 0 Å². The van der Waals surface area contributed by atoms with Gasteiger partial charge < -0.3 is 9.52 Å². The number of halogens is 2. The predicted octanol–water partition coefficient (Wildman–Crippen LogP) is 3.18. The quantitative estimate of drug-likeness (QED) is 0.863. The van der Waals surface area contributed by atoms with Crippen molar-refractivity contribution >= 4 is 22.6 Å². The van der Waals surface area contributed by atoms with E-state index in [9.17, 15) is 4.39 Å². The van der Waals surface area contributed by atoms with Crippen LogP contribution in [0.2, 0.25) is 0 Å². The van der Waals surface area contributed by atoms with Crippen molar-refractivity contribution in [1.29, 1.82) is 0 Å². The highest BCUT2D eigenvalue weighted by Gasteiger charge is 2.08. The van der Waals surface area contributed by atoms with Gasteiger partial charge in [-0.05, 0) is 52.9 Å². The third-order valence-electron chi connectivity index (χ3n) is 2.01. The van der Waals surface area contributed by atoms with Crippen LogP contribution in [0.25, 0.3) is 11.3 Å². The maximum atomic E-state index is 12.9. The Kier molecular flexibility index (Phi) is 3.06. The van der Waals surface area contributed by atoms with E-state index in [1.54, 1.807) is 18.2 Å². The first-order chi connectivity index (χ1) is 7.20. The number of rotatable bonds is 2. The second kappa shape index (κ2) is 4.32. The van der Waals surface area contributed by atoms with Gasteiger partial charge in [-0.3, -0.25) is 0 Å². The summed E-state index contributed by atoms with van der Waals surface area (Å²) in [6, 6.07) is 7.96. The smallest absolute Gasteiger partial charge is 0.135 e. The van der Waals surface area contributed by atoms with E-state index in [0.29, 0.717) is 11.5 Å². The monoisotopic (exact) mass is 318 g/mol. The van der Waals surface area contributed by atoms with Crippen LogP contribution in [0.4, 0.5) is 4.39 Å². The van der Waals surface area contributed by atoms with E-state index in [1.165, 1.54) is 12.1 Å². The highest BCUT2D eigenvalue weighted by atomic mass is 127. The third kappa shape index (κ3) is 2.21. The lowest BCUT2D eigenvalue weighted by atomic mass is 10.2. The lowest BCUT2D eigenvalue weighted by Crippen LogP contribution is -1.83. The van der Waals surface area contributed by atoms with Crippen LogP contribution in [0.15, 0.2) is 34.7 Å². The van der Waals surface area contributed by atoms with Gasteiger partial charge in [-0.15, -0.1) is 0 Å². The molecule has 2 rings (SSSR count). The van der Waals surface area contributed by atoms with Gasteiger partial charge in [0.25, 0.3) is 0 Å². The van der Waals surface area contributed by atoms with Gasteiger partial charge in [-0.1, -0.05) is 0 Å². The normalized spacial score (nSPS) is 10.6. The maximum absolute atomic E-state index is 12.9. The molecule has 4 heteroatoms. The van der Waals surface area contributed by atoms with E-state index in [0.717, 1.165) is 9.13 Å². The minimum atomic E-state index is -0.267. The highest BCUT2D eigenvalue weighted by molar-refractivity contribution is 14.1. The average molecular weight is 318 g/mol. The Balaban J connectivity index is 2.44. The number of hydrogen-bond acceptors (Lipinski definition) is 2. The summed E-state index contributed by atoms with van der Waals surface area (Å²) >= 11 is 2.05. The zero-order chi connectivity index (χ0) is 10.8. The molecule has 0 aliphatic heterocycles. The first kappa shape index (κ1) is 10.6. The first-order valence-electron chi connectivity index (χ1n) is 4.35. The summed E-state index contributed by atoms with van der Waals surface area (Å²) in [4.78, 5) is 0. The number of aliphatic hydroxyl groups excluding tert-OH is 1. The van der Waals surface area contributed by atoms with Crippen LogP contribution >= 0.6 is 22.6 Å². The Hall–Kier alpha value is -0.880. The number of furan rings is 1. The maximum Gasteiger partial charge on any atom is 0.135 e. The Morgan fingerprint density at radius 2 is 2.07 bits per heavy atom. The fourth-order valence-corrected chi connectivity index (χ4v) is 2.04. The molecule has 0 amide bonds. The molecule has 0 aliphatic carbocycles. The zero-order valence-electron chi connectivity index (χ0n) is 7.71. The summed E-state index contributed by atoms with van der Waals surface area (Å²) in [5, 5.41) is 8.86. The molecule has 78 valence electrons. The largest absolute Gasteiger partial charge is 0.459 e. The van der Waals surface area contributed by atoms with Crippen molar-refractivity contribution in [3.05, 3.63) is 45.5 Å². The molecule has 1 aromatic carbocycles. The van der Waals surface area contributed by atoms with Crippen molar-refractivity contribution in [2.75, 3.05) is 0 Å². The van der Waals surface area contributed by atoms with Crippen LogP contribution in [-0.4, -0.2) is 5.11 Å². The van der Waals surface area contributed by atoms with E-state index >= 15 is 0 Å². The SMILES string of the molecule is OCc1ccc(-c2ccc(F)cc2I)o1. The summed E-state index contributed by atoms with van der Waals surface area (Å²) in [5.41, 5.74) is 0.830. The summed E-state index contributed by atoms with van der Waals surface area (Å²) in [7, 11) is 0. The van der Waals surface area contributed by atoms with E-state index in [2.05, 4.69) is 0 Å². The molecule has 1 heterocycles. The van der Waals surface area contributed by atoms with Crippen molar-refractivity contribution in [2.45, 2.75) is 6.61 Å². The van der Waals surface area contributed by atoms with Gasteiger partial charge in [0.1, 0.15) is 23.9 Å². The highest BCUT2D eigenvalue weighted by Crippen LogP contribution is 2.27. The summed E-state index contributed by atoms with van der Waals surface area (Å²) < 4.78 is 19.0. The molecule has 0 bridgehead atoms. The molecule has 0 fully saturated rings. The lowest BCUT2D eigenvalue weighted by Gasteiger charge is -2.00. The Bertz CT molecular complexity index is 479. The summed E-state index contributed by atoms with van der Waals surface area (Å²) in [6.07, 6.45) is 0. The minimum absolute atomic E-state index is 0.127. The Morgan fingerprint density at radius 3 is 2.67 bits per heavy atom. The molecular formula is C11H8FIO2. The molecule has 1 aromatic heterocycles. The van der Waals surface area contributed by atoms with Crippen molar-refractivity contribution < 1.29 is 13.9 Å². The van der Waals surface area contributed by atoms with Gasteiger partial charge in [-0.2, -0.15) is 0 Å². The predicted molar refractivity (Wildman–Crippen MR) is 62.7 cm³/mol. The van der Waals surface area contributed by atoms with Gasteiger partial charge in [0.05, 0.1) is 0 Å². The summed E-state index contributed by atoms with van der Waals surface area (Å²) in [6.45, 7) is -0.127. The molecule has 0 aliphatic rings. The van der Waals surface area contributed by atoms with E-state index in [1.807, 2.05) is 22.6 Å². The van der Waals surface area contributed by atoms with Crippen molar-refractivity contribution in [2.24, 2.45) is 0 Å². The standard InChI is InChI=1S/C11H8FIO2/c12-7-1-3-9(10(13)5-7)11-4-2-8(6-14)15-11/h1-5,14H,6H2. The molecule has 0 atom stereocenters. The van der Waals surface area contributed by atoms with E-state index in [4.69, 9.17) is 9.52 Å². The molecule has 0 unspecified atom stereocenters. The Morgan fingerprint density at radius 1 is 1.27 bits per heavy atom. The second-order valence-electron chi connectivity index (χ2n) is 3.05. The van der Waals surface area contributed by atoms with Crippen LogP contribution in [-0.2, 0) is 6.61 Å². The first-order valence-corrected chi connectivity index (χ1v) is 5.43. The van der Waals surface area contributed by atoms with Crippen molar-refractivity contribution in [1.82, 2.24) is 0 Å². The number of hydrogen-bond donors (Lipinski definition) is 1. The second-order valence-corrected chi connectivity index (χ2v) is 4.21. The fraction of sp³-hybridized carbons (Fsp3) is 0.0909. The van der Waals surface area contributed by atoms with Crippen LogP contribution < -0.4 is 0 Å². The Labute approximate surface area is 99.9 Å². The molecule has 2 aromatic rings. The number of benzene rings is 1. The average Bonchev–Trinajstić information content (AvgIpc) is 2.66. The van der Waals surface area contributed by atoms with Crippen molar-refractivity contribution in [3.8, 4) is 11.3 Å². The zero-order valence-corrected chi connectivity index (χ0v) is 9.86. The topological polar surface area (TPSA) is 33.4 Å². The van der Waals surface area contributed by atoms with Crippen molar-refractivity contribution in [3.63, 3.8) is 0 Å². The molecular weight excluding hydrogens is 310 g/mol. The fourth-order valence-electron chi connectivity index (χ4n) is 1.30. The molecule has 15 heavy (non-hydrogen) atoms. The van der Waals surface area contributed by atoms with E-state index < -0.39 is 0 Å². The van der Waals surface area contributed by atoms with Crippen LogP contribution in [0.3, 0.4) is 0 Å². The number of aliphatic hydroxyl groups is 1. The molecule has 2 nitrogen and oxygen atoms in total. The summed E-state index contributed by atoms with van der Waals surface area (Å²) in [5.74, 6) is 0.880. The van der Waals surface area contributed by atoms with Crippen LogP contribution in [0.1, 0.15) is 5.76 Å². The van der Waals surface area contributed by atoms with Crippen LogP contribution in [0, 0.1) is 9.39 Å². The van der Waals surface area contributed by atoms with Gasteiger partial charge >= 0.3 is 0 Å². The molecule has 1 N–H and O–H groups in total. The third-order valence-corrected chi connectivity index (χ3v) is 2.91. The van der Waals surface area contributed by atoms with Gasteiger partial charge in [0, 0.05) is 9.13 Å². The minimum Gasteiger partial charge on any atom is -0.459 e. The van der Waals surface area contributed by atoms with Gasteiger partial charge in [0.15, 0.2) is 0 Å². The molecule has 0 spiro atoms. The van der Waals surface area contributed by atoms with Gasteiger partial charge in [-0.25, -0.2) is 4.39 Å². The molecule has 0 saturated carbocycles. The molecule has 0 saturated heterocycles. The van der Waals surface area contributed by atoms with Gasteiger partial charge in [0.2, 0.25) is 0 Å². The lowest BCUT2D eigenvalue weighted by molar-refractivity contribution is 0.248. The molecule has 0 radical (unpaired) electrons. The van der Waals surface area contributed by atoms with E-state index in [-0.39, 0.29) is 12.4 Å².